The highest BCUT2D eigenvalue weighted by atomic mass is 32.2. The molecule has 0 unspecified atom stereocenters. The van der Waals surface area contributed by atoms with Gasteiger partial charge in [0.05, 0.1) is 17.7 Å². The fourth-order valence-electron chi connectivity index (χ4n) is 3.15. The number of carbonyl (C=O) groups excluding carboxylic acids is 2. The second-order valence-electron chi connectivity index (χ2n) is 6.58. The van der Waals surface area contributed by atoms with Crippen LogP contribution in [-0.2, 0) is 16.0 Å². The Hall–Kier alpha value is -2.80. The van der Waals surface area contributed by atoms with E-state index >= 15 is 0 Å². The molecule has 0 saturated carbocycles. The third-order valence-corrected chi connectivity index (χ3v) is 5.72. The third-order valence-electron chi connectivity index (χ3n) is 4.66. The zero-order chi connectivity index (χ0) is 20.1. The van der Waals surface area contributed by atoms with E-state index in [1.165, 1.54) is 22.2 Å². The Kier molecular flexibility index (Phi) is 6.36. The summed E-state index contributed by atoms with van der Waals surface area (Å²) in [5.41, 5.74) is 2.62. The summed E-state index contributed by atoms with van der Waals surface area (Å²) >= 11 is 1.33. The van der Waals surface area contributed by atoms with Crippen molar-refractivity contribution < 1.29 is 19.5 Å². The van der Waals surface area contributed by atoms with Gasteiger partial charge in [-0.15, -0.1) is 11.8 Å². The molecule has 0 radical (unpaired) electrons. The Labute approximate surface area is 168 Å². The normalized spacial score (nSPS) is 12.5. The van der Waals surface area contributed by atoms with Gasteiger partial charge in [0, 0.05) is 30.7 Å². The molecule has 1 aliphatic rings. The van der Waals surface area contributed by atoms with Gasteiger partial charge in [-0.2, -0.15) is 0 Å². The Morgan fingerprint density at radius 2 is 1.82 bits per heavy atom. The molecule has 0 spiro atoms. The minimum Gasteiger partial charge on any atom is -0.481 e. The van der Waals surface area contributed by atoms with Crippen molar-refractivity contribution in [2.45, 2.75) is 17.7 Å². The first-order valence-corrected chi connectivity index (χ1v) is 10.0. The van der Waals surface area contributed by atoms with E-state index < -0.39 is 5.97 Å². The number of para-hydroxylation sites is 1. The summed E-state index contributed by atoms with van der Waals surface area (Å²) in [6, 6.07) is 15.0. The van der Waals surface area contributed by atoms with Crippen LogP contribution >= 0.6 is 11.8 Å². The molecule has 1 N–H and O–H groups in total. The first-order valence-electron chi connectivity index (χ1n) is 9.04. The van der Waals surface area contributed by atoms with E-state index in [2.05, 4.69) is 0 Å². The van der Waals surface area contributed by atoms with Gasteiger partial charge in [-0.1, -0.05) is 30.3 Å². The van der Waals surface area contributed by atoms with Crippen LogP contribution in [0.25, 0.3) is 0 Å². The Morgan fingerprint density at radius 3 is 2.61 bits per heavy atom. The summed E-state index contributed by atoms with van der Waals surface area (Å²) in [6.45, 7) is 0.813. The van der Waals surface area contributed by atoms with E-state index in [9.17, 15) is 14.4 Å². The van der Waals surface area contributed by atoms with Crippen molar-refractivity contribution in [2.24, 2.45) is 0 Å². The van der Waals surface area contributed by atoms with Crippen LogP contribution < -0.4 is 4.90 Å². The predicted molar refractivity (Wildman–Crippen MR) is 109 cm³/mol. The van der Waals surface area contributed by atoms with E-state index in [1.807, 2.05) is 36.4 Å². The number of carboxylic acids is 1. The van der Waals surface area contributed by atoms with Crippen LogP contribution in [0.2, 0.25) is 0 Å². The van der Waals surface area contributed by atoms with Crippen molar-refractivity contribution in [1.29, 1.82) is 0 Å². The lowest BCUT2D eigenvalue weighted by Crippen LogP contribution is -2.31. The van der Waals surface area contributed by atoms with Gasteiger partial charge < -0.3 is 14.9 Å². The van der Waals surface area contributed by atoms with Crippen LogP contribution in [0.1, 0.15) is 22.3 Å². The zero-order valence-corrected chi connectivity index (χ0v) is 16.4. The van der Waals surface area contributed by atoms with Crippen molar-refractivity contribution in [3.63, 3.8) is 0 Å². The van der Waals surface area contributed by atoms with Crippen molar-refractivity contribution in [3.8, 4) is 0 Å². The second-order valence-corrected chi connectivity index (χ2v) is 7.60. The van der Waals surface area contributed by atoms with Crippen LogP contribution in [0.3, 0.4) is 0 Å². The van der Waals surface area contributed by atoms with Gasteiger partial charge >= 0.3 is 5.97 Å². The standard InChI is InChI=1S/C21H22N2O4S/c1-22(12-11-20(25)26)21(27)16-7-3-5-9-18(16)28-14-19(24)23-13-10-15-6-2-4-8-17(15)23/h2-9H,10-14H2,1H3,(H,25,26). The van der Waals surface area contributed by atoms with Crippen LogP contribution in [-0.4, -0.2) is 53.7 Å². The quantitative estimate of drug-likeness (QED) is 0.726. The smallest absolute Gasteiger partial charge is 0.305 e. The van der Waals surface area contributed by atoms with Gasteiger partial charge in [-0.25, -0.2) is 0 Å². The zero-order valence-electron chi connectivity index (χ0n) is 15.6. The summed E-state index contributed by atoms with van der Waals surface area (Å²) in [5.74, 6) is -0.948. The van der Waals surface area contributed by atoms with E-state index in [0.717, 1.165) is 17.0 Å². The highest BCUT2D eigenvalue weighted by Gasteiger charge is 2.24. The molecule has 2 amide bonds. The monoisotopic (exact) mass is 398 g/mol. The highest BCUT2D eigenvalue weighted by Crippen LogP contribution is 2.30. The number of carboxylic acid groups (broad SMARTS) is 1. The molecule has 3 rings (SSSR count). The minimum absolute atomic E-state index is 0.0106. The number of hydrogen-bond acceptors (Lipinski definition) is 4. The van der Waals surface area contributed by atoms with Crippen molar-refractivity contribution >= 4 is 35.2 Å². The number of rotatable bonds is 7. The number of anilines is 1. The second kappa shape index (κ2) is 8.93. The number of benzene rings is 2. The lowest BCUT2D eigenvalue weighted by atomic mass is 10.2. The van der Waals surface area contributed by atoms with Crippen LogP contribution in [0.15, 0.2) is 53.4 Å². The van der Waals surface area contributed by atoms with Crippen LogP contribution in [0.5, 0.6) is 0 Å². The molecule has 0 saturated heterocycles. The molecule has 0 aromatic heterocycles. The summed E-state index contributed by atoms with van der Waals surface area (Å²) < 4.78 is 0. The summed E-state index contributed by atoms with van der Waals surface area (Å²) in [7, 11) is 1.58. The average molecular weight is 398 g/mol. The van der Waals surface area contributed by atoms with E-state index in [4.69, 9.17) is 5.11 Å². The maximum absolute atomic E-state index is 12.7. The van der Waals surface area contributed by atoms with Crippen molar-refractivity contribution in [2.75, 3.05) is 30.8 Å². The molecule has 0 bridgehead atoms. The van der Waals surface area contributed by atoms with Gasteiger partial charge in [0.2, 0.25) is 5.91 Å². The summed E-state index contributed by atoms with van der Waals surface area (Å²) in [6.07, 6.45) is 0.750. The minimum atomic E-state index is -0.946. The molecular formula is C21H22N2O4S. The molecule has 1 heterocycles. The van der Waals surface area contributed by atoms with E-state index in [0.29, 0.717) is 12.1 Å². The lowest BCUT2D eigenvalue weighted by molar-refractivity contribution is -0.137. The SMILES string of the molecule is CN(CCC(=O)O)C(=O)c1ccccc1SCC(=O)N1CCc2ccccc21. The van der Waals surface area contributed by atoms with Crippen molar-refractivity contribution in [1.82, 2.24) is 4.90 Å². The topological polar surface area (TPSA) is 77.9 Å². The lowest BCUT2D eigenvalue weighted by Gasteiger charge is -2.19. The van der Waals surface area contributed by atoms with E-state index in [1.54, 1.807) is 24.1 Å². The first kappa shape index (κ1) is 19.9. The average Bonchev–Trinajstić information content (AvgIpc) is 3.14. The first-order chi connectivity index (χ1) is 13.5. The number of nitrogens with zero attached hydrogens (tertiary/aromatic N) is 2. The Balaban J connectivity index is 1.66. The molecule has 0 atom stereocenters. The Bertz CT molecular complexity index is 899. The molecule has 146 valence electrons. The van der Waals surface area contributed by atoms with E-state index in [-0.39, 0.29) is 30.5 Å². The maximum Gasteiger partial charge on any atom is 0.305 e. The molecule has 1 aliphatic heterocycles. The van der Waals surface area contributed by atoms with Gasteiger partial charge in [0.25, 0.3) is 5.91 Å². The van der Waals surface area contributed by atoms with Gasteiger partial charge in [0.15, 0.2) is 0 Å². The van der Waals surface area contributed by atoms with Crippen molar-refractivity contribution in [3.05, 3.63) is 59.7 Å². The maximum atomic E-state index is 12.7. The number of aliphatic carboxylic acids is 1. The number of amides is 2. The number of fused-ring (bicyclic) bond motifs is 1. The number of thioether (sulfide) groups is 1. The molecule has 0 fully saturated rings. The molecule has 2 aromatic carbocycles. The highest BCUT2D eigenvalue weighted by molar-refractivity contribution is 8.00. The molecule has 2 aromatic rings. The Morgan fingerprint density at radius 1 is 1.11 bits per heavy atom. The van der Waals surface area contributed by atoms with Crippen LogP contribution in [0, 0.1) is 0 Å². The third kappa shape index (κ3) is 4.54. The molecular weight excluding hydrogens is 376 g/mol. The van der Waals surface area contributed by atoms with Gasteiger partial charge in [-0.05, 0) is 30.2 Å². The van der Waals surface area contributed by atoms with Gasteiger partial charge in [-0.3, -0.25) is 14.4 Å². The predicted octanol–water partition coefficient (Wildman–Crippen LogP) is 2.91. The molecule has 6 nitrogen and oxygen atoms in total. The molecule has 0 aliphatic carbocycles. The summed E-state index contributed by atoms with van der Waals surface area (Å²) in [5, 5.41) is 8.80. The fourth-order valence-corrected chi connectivity index (χ4v) is 4.07. The molecule has 7 heteroatoms. The summed E-state index contributed by atoms with van der Waals surface area (Å²) in [4.78, 5) is 40.0. The van der Waals surface area contributed by atoms with Crippen LogP contribution in [0.4, 0.5) is 5.69 Å². The molecule has 28 heavy (non-hydrogen) atoms. The van der Waals surface area contributed by atoms with Gasteiger partial charge in [0.1, 0.15) is 0 Å². The fraction of sp³-hybridized carbons (Fsp3) is 0.286. The number of hydrogen-bond donors (Lipinski definition) is 1. The number of carbonyl (C=O) groups is 3. The largest absolute Gasteiger partial charge is 0.481 e.